The van der Waals surface area contributed by atoms with Crippen LogP contribution in [0.5, 0.6) is 0 Å². The standard InChI is InChI=1S/C21H32N8O6/c1-11(2)3-15(27-18(31)14(22)4-12-6-23-9-25-12)19(32)29-17(8-30)20(33)28-16(21(34)35)5-13-7-24-10-26-13/h6-7,9-11,14-17,30H,3-5,8,22H2,1-2H3,(H,23,25)(H,24,26)(H,27,31)(H,28,33)(H,29,32)(H,34,35). The Bertz CT molecular complexity index is 963. The maximum Gasteiger partial charge on any atom is 0.326 e. The number of amides is 3. The van der Waals surface area contributed by atoms with Gasteiger partial charge in [-0.1, -0.05) is 13.8 Å². The van der Waals surface area contributed by atoms with Crippen molar-refractivity contribution >= 4 is 23.7 Å². The van der Waals surface area contributed by atoms with Crippen molar-refractivity contribution in [2.24, 2.45) is 11.7 Å². The summed E-state index contributed by atoms with van der Waals surface area (Å²) in [4.78, 5) is 62.9. The average Bonchev–Trinajstić information content (AvgIpc) is 3.50. The number of carbonyl (C=O) groups excluding carboxylic acids is 3. The summed E-state index contributed by atoms with van der Waals surface area (Å²) < 4.78 is 0. The molecule has 2 heterocycles. The van der Waals surface area contributed by atoms with Crippen LogP contribution >= 0.6 is 0 Å². The van der Waals surface area contributed by atoms with E-state index in [9.17, 15) is 29.4 Å². The molecule has 0 aliphatic carbocycles. The Morgan fingerprint density at radius 3 is 1.89 bits per heavy atom. The number of nitrogens with two attached hydrogens (primary N) is 1. The Morgan fingerprint density at radius 1 is 0.886 bits per heavy atom. The van der Waals surface area contributed by atoms with Gasteiger partial charge in [0.05, 0.1) is 25.3 Å². The molecule has 2 rings (SSSR count). The van der Waals surface area contributed by atoms with Crippen molar-refractivity contribution < 1.29 is 29.4 Å². The second-order valence-corrected chi connectivity index (χ2v) is 8.50. The first-order valence-electron chi connectivity index (χ1n) is 11.1. The molecular weight excluding hydrogens is 460 g/mol. The summed E-state index contributed by atoms with van der Waals surface area (Å²) in [6, 6.07) is -4.73. The molecule has 0 saturated carbocycles. The number of aromatic nitrogens is 4. The Labute approximate surface area is 201 Å². The van der Waals surface area contributed by atoms with Gasteiger partial charge in [0.1, 0.15) is 18.1 Å². The number of carboxylic acids is 1. The number of H-pyrrole nitrogens is 2. The normalized spacial score (nSPS) is 14.5. The Morgan fingerprint density at radius 2 is 1.40 bits per heavy atom. The third-order valence-electron chi connectivity index (χ3n) is 5.08. The Hall–Kier alpha value is -3.78. The first-order chi connectivity index (χ1) is 16.6. The van der Waals surface area contributed by atoms with Gasteiger partial charge >= 0.3 is 5.97 Å². The highest BCUT2D eigenvalue weighted by molar-refractivity contribution is 5.94. The highest BCUT2D eigenvalue weighted by Crippen LogP contribution is 2.07. The lowest BCUT2D eigenvalue weighted by atomic mass is 10.0. The van der Waals surface area contributed by atoms with E-state index in [1.165, 1.54) is 25.0 Å². The van der Waals surface area contributed by atoms with Gasteiger partial charge in [-0.05, 0) is 12.3 Å². The van der Waals surface area contributed by atoms with Gasteiger partial charge in [0.25, 0.3) is 0 Å². The summed E-state index contributed by atoms with van der Waals surface area (Å²) in [5.74, 6) is -3.47. The number of aliphatic hydroxyl groups is 1. The lowest BCUT2D eigenvalue weighted by Crippen LogP contribution is -2.58. The zero-order valence-corrected chi connectivity index (χ0v) is 19.5. The molecule has 0 aliphatic heterocycles. The fourth-order valence-electron chi connectivity index (χ4n) is 3.26. The van der Waals surface area contributed by atoms with E-state index in [4.69, 9.17) is 5.73 Å². The lowest BCUT2D eigenvalue weighted by molar-refractivity contribution is -0.142. The van der Waals surface area contributed by atoms with Crippen molar-refractivity contribution in [2.75, 3.05) is 6.61 Å². The van der Waals surface area contributed by atoms with E-state index in [1.807, 2.05) is 13.8 Å². The van der Waals surface area contributed by atoms with Crippen LogP contribution < -0.4 is 21.7 Å². The largest absolute Gasteiger partial charge is 0.480 e. The number of hydrogen-bond donors (Lipinski definition) is 8. The second-order valence-electron chi connectivity index (χ2n) is 8.50. The molecule has 4 atom stereocenters. The summed E-state index contributed by atoms with van der Waals surface area (Å²) in [5, 5.41) is 26.4. The number of nitrogens with one attached hydrogen (secondary N) is 5. The number of aliphatic hydroxyl groups excluding tert-OH is 1. The maximum atomic E-state index is 12.9. The smallest absolute Gasteiger partial charge is 0.326 e. The highest BCUT2D eigenvalue weighted by Gasteiger charge is 2.30. The molecule has 9 N–H and O–H groups in total. The molecule has 14 heteroatoms. The molecule has 0 radical (unpaired) electrons. The van der Waals surface area contributed by atoms with E-state index >= 15 is 0 Å². The van der Waals surface area contributed by atoms with E-state index in [1.54, 1.807) is 0 Å². The van der Waals surface area contributed by atoms with Crippen LogP contribution in [0.15, 0.2) is 25.0 Å². The van der Waals surface area contributed by atoms with Crippen LogP contribution in [0, 0.1) is 5.92 Å². The number of aromatic amines is 2. The number of hydrogen-bond acceptors (Lipinski definition) is 8. The average molecular weight is 493 g/mol. The molecule has 35 heavy (non-hydrogen) atoms. The molecule has 14 nitrogen and oxygen atoms in total. The van der Waals surface area contributed by atoms with Gasteiger partial charge in [-0.25, -0.2) is 14.8 Å². The molecule has 4 unspecified atom stereocenters. The lowest BCUT2D eigenvalue weighted by Gasteiger charge is -2.25. The minimum Gasteiger partial charge on any atom is -0.480 e. The number of rotatable bonds is 14. The Kier molecular flexibility index (Phi) is 10.4. The fraction of sp³-hybridized carbons (Fsp3) is 0.524. The molecule has 0 fully saturated rings. The van der Waals surface area contributed by atoms with E-state index in [0.29, 0.717) is 11.4 Å². The highest BCUT2D eigenvalue weighted by atomic mass is 16.4. The van der Waals surface area contributed by atoms with Crippen LogP contribution in [0.25, 0.3) is 0 Å². The fourth-order valence-corrected chi connectivity index (χ4v) is 3.26. The van der Waals surface area contributed by atoms with Gasteiger partial charge in [0, 0.05) is 36.6 Å². The van der Waals surface area contributed by atoms with Crippen LogP contribution in [0.4, 0.5) is 0 Å². The first kappa shape index (κ1) is 27.5. The maximum absolute atomic E-state index is 12.9. The minimum absolute atomic E-state index is 0.00193. The quantitative estimate of drug-likeness (QED) is 0.143. The van der Waals surface area contributed by atoms with Crippen molar-refractivity contribution in [1.29, 1.82) is 0 Å². The third kappa shape index (κ3) is 8.83. The van der Waals surface area contributed by atoms with Crippen molar-refractivity contribution in [1.82, 2.24) is 35.9 Å². The van der Waals surface area contributed by atoms with Gasteiger partial charge in [-0.2, -0.15) is 0 Å². The van der Waals surface area contributed by atoms with Crippen molar-refractivity contribution in [2.45, 2.75) is 57.3 Å². The summed E-state index contributed by atoms with van der Waals surface area (Å²) in [7, 11) is 0. The zero-order chi connectivity index (χ0) is 26.0. The second kappa shape index (κ2) is 13.2. The van der Waals surface area contributed by atoms with Crippen molar-refractivity contribution in [3.05, 3.63) is 36.4 Å². The van der Waals surface area contributed by atoms with Crippen LogP contribution in [0.2, 0.25) is 0 Å². The summed E-state index contributed by atoms with van der Waals surface area (Å²) in [6.45, 7) is 2.91. The van der Waals surface area contributed by atoms with Crippen molar-refractivity contribution in [3.8, 4) is 0 Å². The first-order valence-corrected chi connectivity index (χ1v) is 11.1. The van der Waals surface area contributed by atoms with Gasteiger partial charge in [0.15, 0.2) is 0 Å². The molecule has 3 amide bonds. The molecule has 2 aromatic heterocycles. The van der Waals surface area contributed by atoms with E-state index in [-0.39, 0.29) is 25.2 Å². The number of nitrogens with zero attached hydrogens (tertiary/aromatic N) is 2. The molecule has 0 bridgehead atoms. The number of carboxylic acid groups (broad SMARTS) is 1. The van der Waals surface area contributed by atoms with E-state index in [0.717, 1.165) is 0 Å². The number of carbonyl (C=O) groups is 4. The molecule has 0 saturated heterocycles. The van der Waals surface area contributed by atoms with Crippen LogP contribution in [0.1, 0.15) is 31.7 Å². The van der Waals surface area contributed by atoms with Crippen LogP contribution in [-0.2, 0) is 32.0 Å². The predicted octanol–water partition coefficient (Wildman–Crippen LogP) is -2.18. The van der Waals surface area contributed by atoms with Gasteiger partial charge in [-0.15, -0.1) is 0 Å². The molecule has 0 aliphatic rings. The predicted molar refractivity (Wildman–Crippen MR) is 123 cm³/mol. The topological polar surface area (TPSA) is 228 Å². The molecule has 2 aromatic rings. The van der Waals surface area contributed by atoms with Gasteiger partial charge in [0.2, 0.25) is 17.7 Å². The SMILES string of the molecule is CC(C)CC(NC(=O)C(N)Cc1cnc[nH]1)C(=O)NC(CO)C(=O)NC(Cc1cnc[nH]1)C(=O)O. The zero-order valence-electron chi connectivity index (χ0n) is 19.5. The minimum atomic E-state index is -1.43. The summed E-state index contributed by atoms with van der Waals surface area (Å²) >= 11 is 0. The third-order valence-corrected chi connectivity index (χ3v) is 5.08. The molecular formula is C21H32N8O6. The monoisotopic (exact) mass is 492 g/mol. The Balaban J connectivity index is 2.01. The number of imidazole rings is 2. The van der Waals surface area contributed by atoms with E-state index < -0.39 is 54.5 Å². The van der Waals surface area contributed by atoms with Crippen molar-refractivity contribution in [3.63, 3.8) is 0 Å². The summed E-state index contributed by atoms with van der Waals surface area (Å²) in [5.41, 5.74) is 7.07. The molecule has 0 aromatic carbocycles. The summed E-state index contributed by atoms with van der Waals surface area (Å²) in [6.07, 6.45) is 6.13. The molecule has 192 valence electrons. The van der Waals surface area contributed by atoms with Gasteiger partial charge in [-0.3, -0.25) is 14.4 Å². The van der Waals surface area contributed by atoms with Gasteiger partial charge < -0.3 is 41.9 Å². The molecule has 0 spiro atoms. The van der Waals surface area contributed by atoms with E-state index in [2.05, 4.69) is 35.9 Å². The van der Waals surface area contributed by atoms with Crippen LogP contribution in [0.3, 0.4) is 0 Å². The van der Waals surface area contributed by atoms with Crippen LogP contribution in [-0.4, -0.2) is 84.6 Å². The number of aliphatic carboxylic acids is 1.